The third kappa shape index (κ3) is 5.18. The van der Waals surface area contributed by atoms with Gasteiger partial charge in [0.15, 0.2) is 5.82 Å². The molecule has 0 saturated carbocycles. The van der Waals surface area contributed by atoms with Crippen LogP contribution in [0.1, 0.15) is 28.5 Å². The number of aryl methyl sites for hydroxylation is 1. The number of nitrogens with one attached hydrogen (secondary N) is 1. The molecule has 4 rings (SSSR count). The highest BCUT2D eigenvalue weighted by Gasteiger charge is 2.17. The van der Waals surface area contributed by atoms with Crippen molar-refractivity contribution in [2.45, 2.75) is 20.4 Å². The number of benzene rings is 2. The zero-order valence-corrected chi connectivity index (χ0v) is 19.5. The van der Waals surface area contributed by atoms with Crippen LogP contribution in [-0.4, -0.2) is 34.6 Å². The summed E-state index contributed by atoms with van der Waals surface area (Å²) in [4.78, 5) is 26.2. The van der Waals surface area contributed by atoms with Crippen molar-refractivity contribution >= 4 is 23.1 Å². The number of rotatable bonds is 8. The highest BCUT2D eigenvalue weighted by atomic mass is 32.1. The fourth-order valence-corrected chi connectivity index (χ4v) is 4.16. The van der Waals surface area contributed by atoms with Crippen LogP contribution in [-0.2, 0) is 11.3 Å². The standard InChI is InChI=1S/C25H24N4O3S/c1-4-32-25(30)21-14-27-22(17-9-11-19(31-3)12-10-17)29-23(21)26-13-18-15-33-24(28-18)20-8-6-5-7-16(20)2/h5-12,14-15H,4,13H2,1-3H3,(H,26,27,29). The van der Waals surface area contributed by atoms with Gasteiger partial charge in [-0.15, -0.1) is 11.3 Å². The second kappa shape index (κ2) is 10.2. The Labute approximate surface area is 196 Å². The second-order valence-corrected chi connectivity index (χ2v) is 8.08. The van der Waals surface area contributed by atoms with E-state index in [1.54, 1.807) is 25.4 Å². The van der Waals surface area contributed by atoms with Gasteiger partial charge in [0.25, 0.3) is 0 Å². The first-order chi connectivity index (χ1) is 16.1. The van der Waals surface area contributed by atoms with E-state index in [1.165, 1.54) is 11.8 Å². The molecule has 0 radical (unpaired) electrons. The van der Waals surface area contributed by atoms with E-state index in [2.05, 4.69) is 34.3 Å². The molecule has 7 nitrogen and oxygen atoms in total. The van der Waals surface area contributed by atoms with E-state index in [1.807, 2.05) is 41.8 Å². The number of carbonyl (C=O) groups is 1. The van der Waals surface area contributed by atoms with Crippen molar-refractivity contribution < 1.29 is 14.3 Å². The smallest absolute Gasteiger partial charge is 0.343 e. The number of esters is 1. The number of ether oxygens (including phenoxy) is 2. The van der Waals surface area contributed by atoms with Crippen molar-refractivity contribution in [3.8, 4) is 27.7 Å². The Morgan fingerprint density at radius 3 is 2.61 bits per heavy atom. The molecule has 0 unspecified atom stereocenters. The third-order valence-electron chi connectivity index (χ3n) is 5.00. The van der Waals surface area contributed by atoms with Crippen LogP contribution < -0.4 is 10.1 Å². The molecule has 0 aliphatic carbocycles. The summed E-state index contributed by atoms with van der Waals surface area (Å²) in [6, 6.07) is 15.6. The summed E-state index contributed by atoms with van der Waals surface area (Å²) < 4.78 is 10.4. The first-order valence-corrected chi connectivity index (χ1v) is 11.4. The summed E-state index contributed by atoms with van der Waals surface area (Å²) in [6.07, 6.45) is 1.49. The van der Waals surface area contributed by atoms with Crippen molar-refractivity contribution in [1.82, 2.24) is 15.0 Å². The van der Waals surface area contributed by atoms with E-state index in [9.17, 15) is 4.79 Å². The van der Waals surface area contributed by atoms with Crippen LogP contribution in [0.3, 0.4) is 0 Å². The molecule has 0 spiro atoms. The Kier molecular flexibility index (Phi) is 6.95. The maximum atomic E-state index is 12.5. The topological polar surface area (TPSA) is 86.2 Å². The largest absolute Gasteiger partial charge is 0.497 e. The van der Waals surface area contributed by atoms with Crippen LogP contribution in [0.15, 0.2) is 60.1 Å². The molecule has 2 aromatic carbocycles. The second-order valence-electron chi connectivity index (χ2n) is 7.22. The molecule has 8 heteroatoms. The first-order valence-electron chi connectivity index (χ1n) is 10.5. The number of methoxy groups -OCH3 is 1. The van der Waals surface area contributed by atoms with Gasteiger partial charge in [-0.1, -0.05) is 24.3 Å². The van der Waals surface area contributed by atoms with Crippen LogP contribution in [0.5, 0.6) is 5.75 Å². The van der Waals surface area contributed by atoms with Crippen molar-refractivity contribution in [3.63, 3.8) is 0 Å². The fourth-order valence-electron chi connectivity index (χ4n) is 3.25. The van der Waals surface area contributed by atoms with Crippen molar-refractivity contribution in [2.75, 3.05) is 19.0 Å². The van der Waals surface area contributed by atoms with Gasteiger partial charge in [0.2, 0.25) is 0 Å². The summed E-state index contributed by atoms with van der Waals surface area (Å²) in [5, 5.41) is 6.21. The predicted molar refractivity (Wildman–Crippen MR) is 130 cm³/mol. The molecule has 168 valence electrons. The third-order valence-corrected chi connectivity index (χ3v) is 5.92. The van der Waals surface area contributed by atoms with E-state index in [0.717, 1.165) is 27.6 Å². The summed E-state index contributed by atoms with van der Waals surface area (Å²) >= 11 is 1.59. The molecule has 0 bridgehead atoms. The Bertz CT molecular complexity index is 1250. The average molecular weight is 461 g/mol. The fraction of sp³-hybridized carbons (Fsp3) is 0.200. The molecule has 2 heterocycles. The normalized spacial score (nSPS) is 10.6. The Morgan fingerprint density at radius 2 is 1.88 bits per heavy atom. The molecule has 2 aromatic heterocycles. The van der Waals surface area contributed by atoms with E-state index in [-0.39, 0.29) is 12.2 Å². The molecule has 0 saturated heterocycles. The van der Waals surface area contributed by atoms with Gasteiger partial charge in [-0.2, -0.15) is 0 Å². The van der Waals surface area contributed by atoms with Crippen LogP contribution in [0.4, 0.5) is 5.82 Å². The number of thiazole rings is 1. The average Bonchev–Trinajstić information content (AvgIpc) is 3.32. The summed E-state index contributed by atoms with van der Waals surface area (Å²) in [5.41, 5.74) is 4.24. The minimum absolute atomic E-state index is 0.268. The maximum Gasteiger partial charge on any atom is 0.343 e. The summed E-state index contributed by atoms with van der Waals surface area (Å²) in [6.45, 7) is 4.51. The minimum Gasteiger partial charge on any atom is -0.497 e. The number of aromatic nitrogens is 3. The number of nitrogens with zero attached hydrogens (tertiary/aromatic N) is 3. The van der Waals surface area contributed by atoms with Gasteiger partial charge in [-0.25, -0.2) is 19.7 Å². The lowest BCUT2D eigenvalue weighted by atomic mass is 10.1. The lowest BCUT2D eigenvalue weighted by Crippen LogP contribution is -2.13. The van der Waals surface area contributed by atoms with E-state index < -0.39 is 5.97 Å². The highest BCUT2D eigenvalue weighted by molar-refractivity contribution is 7.13. The first kappa shape index (κ1) is 22.4. The Hall–Kier alpha value is -3.78. The van der Waals surface area contributed by atoms with E-state index in [4.69, 9.17) is 14.5 Å². The van der Waals surface area contributed by atoms with Gasteiger partial charge >= 0.3 is 5.97 Å². The zero-order valence-electron chi connectivity index (χ0n) is 18.7. The highest BCUT2D eigenvalue weighted by Crippen LogP contribution is 2.27. The molecule has 0 aliphatic heterocycles. The Balaban J connectivity index is 1.59. The summed E-state index contributed by atoms with van der Waals surface area (Å²) in [5.74, 6) is 1.17. The van der Waals surface area contributed by atoms with Gasteiger partial charge in [0.05, 0.1) is 26.0 Å². The number of carbonyl (C=O) groups excluding carboxylic acids is 1. The van der Waals surface area contributed by atoms with Gasteiger partial charge in [0.1, 0.15) is 22.1 Å². The van der Waals surface area contributed by atoms with Gasteiger partial charge < -0.3 is 14.8 Å². The number of hydrogen-bond acceptors (Lipinski definition) is 8. The molecule has 1 N–H and O–H groups in total. The predicted octanol–water partition coefficient (Wildman–Crippen LogP) is 5.37. The molecule has 0 fully saturated rings. The number of anilines is 1. The van der Waals surface area contributed by atoms with Crippen LogP contribution in [0.25, 0.3) is 22.0 Å². The molecule has 0 atom stereocenters. The molecule has 0 aliphatic rings. The molecule has 0 amide bonds. The quantitative estimate of drug-likeness (QED) is 0.354. The van der Waals surface area contributed by atoms with E-state index in [0.29, 0.717) is 18.2 Å². The van der Waals surface area contributed by atoms with Crippen molar-refractivity contribution in [3.05, 3.63) is 76.9 Å². The molecule has 4 aromatic rings. The molecule has 33 heavy (non-hydrogen) atoms. The van der Waals surface area contributed by atoms with Crippen molar-refractivity contribution in [2.24, 2.45) is 0 Å². The minimum atomic E-state index is -0.472. The van der Waals surface area contributed by atoms with Gasteiger partial charge in [-0.05, 0) is 43.7 Å². The SMILES string of the molecule is CCOC(=O)c1cnc(-c2ccc(OC)cc2)nc1NCc1csc(-c2ccccc2C)n1. The van der Waals surface area contributed by atoms with Gasteiger partial charge in [0, 0.05) is 22.7 Å². The van der Waals surface area contributed by atoms with Crippen LogP contribution in [0, 0.1) is 6.92 Å². The van der Waals surface area contributed by atoms with Crippen LogP contribution in [0.2, 0.25) is 0 Å². The van der Waals surface area contributed by atoms with Gasteiger partial charge in [-0.3, -0.25) is 0 Å². The van der Waals surface area contributed by atoms with E-state index >= 15 is 0 Å². The molecular formula is C25H24N4O3S. The van der Waals surface area contributed by atoms with Crippen molar-refractivity contribution in [1.29, 1.82) is 0 Å². The summed E-state index contributed by atoms with van der Waals surface area (Å²) in [7, 11) is 1.62. The number of hydrogen-bond donors (Lipinski definition) is 1. The van der Waals surface area contributed by atoms with Crippen LogP contribution >= 0.6 is 11.3 Å². The monoisotopic (exact) mass is 460 g/mol. The maximum absolute atomic E-state index is 12.5. The lowest BCUT2D eigenvalue weighted by Gasteiger charge is -2.11. The lowest BCUT2D eigenvalue weighted by molar-refractivity contribution is 0.0526. The zero-order chi connectivity index (χ0) is 23.2. The molecular weight excluding hydrogens is 436 g/mol. The Morgan fingerprint density at radius 1 is 1.09 bits per heavy atom.